The lowest BCUT2D eigenvalue weighted by molar-refractivity contribution is -0.367. The molecule has 4 nitrogen and oxygen atoms in total. The topological polar surface area (TPSA) is 37.7 Å². The van der Waals surface area contributed by atoms with E-state index in [1.54, 1.807) is 0 Å². The van der Waals surface area contributed by atoms with E-state index >= 15 is 0 Å². The lowest BCUT2D eigenvalue weighted by Gasteiger charge is -2.31. The summed E-state index contributed by atoms with van der Waals surface area (Å²) < 4.78 is 38.0. The molecule has 27 heavy (non-hydrogen) atoms. The molecule has 1 N–H and O–H groups in total. The first-order chi connectivity index (χ1) is 12.7. The molecule has 0 bridgehead atoms. The van der Waals surface area contributed by atoms with Crippen molar-refractivity contribution in [2.75, 3.05) is 31.1 Å². The van der Waals surface area contributed by atoms with E-state index in [0.717, 1.165) is 17.8 Å². The number of aryl methyl sites for hydroxylation is 2. The van der Waals surface area contributed by atoms with E-state index in [9.17, 15) is 18.0 Å². The lowest BCUT2D eigenvalue weighted by atomic mass is 10.0. The van der Waals surface area contributed by atoms with E-state index in [-0.39, 0.29) is 5.91 Å². The van der Waals surface area contributed by atoms with Gasteiger partial charge in [-0.25, -0.2) is 4.98 Å². The number of hydrogen-bond donors (Lipinski definition) is 0. The SMILES string of the molecule is Cc1ccc(CC(=O)N2CCN(c3ccc(C(F)(F)F)c[nH+]3)CC2)cc1C. The van der Waals surface area contributed by atoms with Crippen LogP contribution in [0.5, 0.6) is 0 Å². The van der Waals surface area contributed by atoms with Crippen LogP contribution in [0.2, 0.25) is 0 Å². The highest BCUT2D eigenvalue weighted by Gasteiger charge is 2.33. The molecule has 1 saturated heterocycles. The van der Waals surface area contributed by atoms with Gasteiger partial charge >= 0.3 is 6.18 Å². The first kappa shape index (κ1) is 19.2. The second-order valence-corrected chi connectivity index (χ2v) is 6.92. The molecule has 2 heterocycles. The van der Waals surface area contributed by atoms with Crippen molar-refractivity contribution in [3.05, 3.63) is 58.8 Å². The fourth-order valence-corrected chi connectivity index (χ4v) is 3.19. The average molecular weight is 378 g/mol. The van der Waals surface area contributed by atoms with Gasteiger partial charge in [-0.15, -0.1) is 0 Å². The number of hydrogen-bond acceptors (Lipinski definition) is 2. The molecule has 1 amide bonds. The Labute approximate surface area is 156 Å². The highest BCUT2D eigenvalue weighted by Crippen LogP contribution is 2.28. The molecule has 0 spiro atoms. The molecule has 0 unspecified atom stereocenters. The molecule has 0 atom stereocenters. The van der Waals surface area contributed by atoms with Crippen LogP contribution in [0.3, 0.4) is 0 Å². The molecular formula is C20H23F3N3O+. The number of nitrogens with one attached hydrogen (secondary N) is 1. The maximum atomic E-state index is 12.7. The standard InChI is InChI=1S/C20H22F3N3O/c1-14-3-4-16(11-15(14)2)12-19(27)26-9-7-25(8-10-26)18-6-5-17(13-24-18)20(21,22)23/h3-6,11,13H,7-10,12H2,1-2H3/p+1. The maximum Gasteiger partial charge on any atom is 0.419 e. The van der Waals surface area contributed by atoms with Crippen molar-refractivity contribution < 1.29 is 22.9 Å². The number of pyridine rings is 1. The van der Waals surface area contributed by atoms with Crippen molar-refractivity contribution in [2.45, 2.75) is 26.4 Å². The maximum absolute atomic E-state index is 12.7. The molecule has 1 aromatic heterocycles. The minimum Gasteiger partial charge on any atom is -0.335 e. The number of carbonyl (C=O) groups excluding carboxylic acids is 1. The van der Waals surface area contributed by atoms with E-state index in [1.807, 2.05) is 41.8 Å². The van der Waals surface area contributed by atoms with Crippen LogP contribution in [0.1, 0.15) is 22.3 Å². The van der Waals surface area contributed by atoms with Crippen LogP contribution < -0.4 is 9.88 Å². The van der Waals surface area contributed by atoms with Crippen LogP contribution in [0, 0.1) is 13.8 Å². The van der Waals surface area contributed by atoms with E-state index < -0.39 is 11.7 Å². The summed E-state index contributed by atoms with van der Waals surface area (Å²) >= 11 is 0. The number of anilines is 1. The highest BCUT2D eigenvalue weighted by molar-refractivity contribution is 5.79. The number of benzene rings is 1. The molecule has 2 aromatic rings. The van der Waals surface area contributed by atoms with Crippen LogP contribution in [-0.4, -0.2) is 37.0 Å². The molecule has 3 rings (SSSR count). The van der Waals surface area contributed by atoms with Crippen molar-refractivity contribution in [3.63, 3.8) is 0 Å². The zero-order valence-corrected chi connectivity index (χ0v) is 15.4. The van der Waals surface area contributed by atoms with Crippen LogP contribution in [0.15, 0.2) is 36.5 Å². The van der Waals surface area contributed by atoms with Crippen LogP contribution >= 0.6 is 0 Å². The Kier molecular flexibility index (Phi) is 5.39. The van der Waals surface area contributed by atoms with Gasteiger partial charge in [-0.2, -0.15) is 13.2 Å². The summed E-state index contributed by atoms with van der Waals surface area (Å²) in [5.74, 6) is 0.707. The third-order valence-electron chi connectivity index (χ3n) is 5.02. The predicted molar refractivity (Wildman–Crippen MR) is 96.4 cm³/mol. The fourth-order valence-electron chi connectivity index (χ4n) is 3.19. The number of amides is 1. The first-order valence-corrected chi connectivity index (χ1v) is 8.92. The van der Waals surface area contributed by atoms with Crippen molar-refractivity contribution >= 4 is 11.7 Å². The Morgan fingerprint density at radius 2 is 1.74 bits per heavy atom. The Morgan fingerprint density at radius 1 is 1.04 bits per heavy atom. The molecule has 1 aliphatic heterocycles. The second-order valence-electron chi connectivity index (χ2n) is 6.92. The number of halogens is 3. The summed E-state index contributed by atoms with van der Waals surface area (Å²) in [6.07, 6.45) is -3.01. The minimum absolute atomic E-state index is 0.0781. The van der Waals surface area contributed by atoms with E-state index in [2.05, 4.69) is 4.98 Å². The molecule has 1 aliphatic rings. The zero-order valence-electron chi connectivity index (χ0n) is 15.4. The van der Waals surface area contributed by atoms with Gasteiger partial charge in [0.25, 0.3) is 5.82 Å². The molecule has 1 aromatic carbocycles. The van der Waals surface area contributed by atoms with Crippen LogP contribution in [0.25, 0.3) is 0 Å². The summed E-state index contributed by atoms with van der Waals surface area (Å²) in [4.78, 5) is 19.0. The van der Waals surface area contributed by atoms with Gasteiger partial charge < -0.3 is 4.90 Å². The minimum atomic E-state index is -4.35. The second kappa shape index (κ2) is 7.58. The van der Waals surface area contributed by atoms with Gasteiger partial charge in [-0.05, 0) is 36.6 Å². The molecule has 7 heteroatoms. The van der Waals surface area contributed by atoms with Crippen molar-refractivity contribution in [1.29, 1.82) is 0 Å². The lowest BCUT2D eigenvalue weighted by Crippen LogP contribution is -2.50. The summed E-state index contributed by atoms with van der Waals surface area (Å²) in [5.41, 5.74) is 2.67. The number of nitrogens with zero attached hydrogens (tertiary/aromatic N) is 2. The largest absolute Gasteiger partial charge is 0.419 e. The Bertz CT molecular complexity index is 810. The highest BCUT2D eigenvalue weighted by atomic mass is 19.4. The number of piperazine rings is 1. The van der Waals surface area contributed by atoms with Crippen LogP contribution in [-0.2, 0) is 17.4 Å². The van der Waals surface area contributed by atoms with Crippen LogP contribution in [0.4, 0.5) is 19.0 Å². The molecule has 0 radical (unpaired) electrons. The number of rotatable bonds is 3. The Hall–Kier alpha value is -2.57. The van der Waals surface area contributed by atoms with Crippen molar-refractivity contribution in [1.82, 2.24) is 4.90 Å². The van der Waals surface area contributed by atoms with E-state index in [0.29, 0.717) is 38.4 Å². The summed E-state index contributed by atoms with van der Waals surface area (Å²) in [7, 11) is 0. The van der Waals surface area contributed by atoms with Gasteiger partial charge in [-0.3, -0.25) is 9.69 Å². The van der Waals surface area contributed by atoms with Gasteiger partial charge in [0.15, 0.2) is 0 Å². The third-order valence-corrected chi connectivity index (χ3v) is 5.02. The number of aromatic amines is 1. The molecule has 0 saturated carbocycles. The number of H-pyrrole nitrogens is 1. The first-order valence-electron chi connectivity index (χ1n) is 8.92. The predicted octanol–water partition coefficient (Wildman–Crippen LogP) is 3.03. The van der Waals surface area contributed by atoms with Gasteiger partial charge in [-0.1, -0.05) is 18.2 Å². The third kappa shape index (κ3) is 4.59. The molecular weight excluding hydrogens is 355 g/mol. The number of alkyl halides is 3. The van der Waals surface area contributed by atoms with Crippen molar-refractivity contribution in [2.24, 2.45) is 0 Å². The van der Waals surface area contributed by atoms with Gasteiger partial charge in [0.05, 0.1) is 25.1 Å². The van der Waals surface area contributed by atoms with Crippen molar-refractivity contribution in [3.8, 4) is 0 Å². The quantitative estimate of drug-likeness (QED) is 0.823. The van der Waals surface area contributed by atoms with Gasteiger partial charge in [0, 0.05) is 6.07 Å². The summed E-state index contributed by atoms with van der Waals surface area (Å²) in [5, 5.41) is 0. The Balaban J connectivity index is 1.56. The zero-order chi connectivity index (χ0) is 19.6. The van der Waals surface area contributed by atoms with Gasteiger partial charge in [0.1, 0.15) is 19.3 Å². The number of aromatic nitrogens is 1. The fraction of sp³-hybridized carbons (Fsp3) is 0.400. The normalized spacial score (nSPS) is 15.1. The summed E-state index contributed by atoms with van der Waals surface area (Å²) in [6, 6.07) is 8.56. The molecule has 0 aliphatic carbocycles. The van der Waals surface area contributed by atoms with Gasteiger partial charge in [0.2, 0.25) is 5.91 Å². The number of carbonyl (C=O) groups is 1. The van der Waals surface area contributed by atoms with E-state index in [4.69, 9.17) is 0 Å². The Morgan fingerprint density at radius 3 is 2.30 bits per heavy atom. The molecule has 1 fully saturated rings. The van der Waals surface area contributed by atoms with E-state index in [1.165, 1.54) is 17.2 Å². The molecule has 144 valence electrons. The smallest absolute Gasteiger partial charge is 0.335 e. The summed E-state index contributed by atoms with van der Waals surface area (Å²) in [6.45, 7) is 6.35. The average Bonchev–Trinajstić information content (AvgIpc) is 2.64. The monoisotopic (exact) mass is 378 g/mol.